The second-order valence-electron chi connectivity index (χ2n) is 6.53. The first kappa shape index (κ1) is 17.9. The van der Waals surface area contributed by atoms with Crippen LogP contribution in [0.15, 0.2) is 12.2 Å². The predicted octanol–water partition coefficient (Wildman–Crippen LogP) is 5.38. The van der Waals surface area contributed by atoms with E-state index in [-0.39, 0.29) is 6.10 Å². The number of hydrogen-bond donors (Lipinski definition) is 1. The molecule has 2 atom stereocenters. The molecule has 0 aromatic rings. The molecule has 0 saturated heterocycles. The molecule has 2 heteroatoms. The lowest BCUT2D eigenvalue weighted by molar-refractivity contribution is 0.164. The zero-order chi connectivity index (χ0) is 14.0. The van der Waals surface area contributed by atoms with E-state index < -0.39 is 8.07 Å². The van der Waals surface area contributed by atoms with Crippen LogP contribution in [-0.2, 0) is 0 Å². The highest BCUT2D eigenvalue weighted by Gasteiger charge is 2.29. The summed E-state index contributed by atoms with van der Waals surface area (Å²) < 4.78 is 0. The van der Waals surface area contributed by atoms with E-state index in [1.165, 1.54) is 32.1 Å². The van der Waals surface area contributed by atoms with Gasteiger partial charge in [-0.1, -0.05) is 71.3 Å². The summed E-state index contributed by atoms with van der Waals surface area (Å²) in [6, 6.07) is 0. The van der Waals surface area contributed by atoms with E-state index in [0.717, 1.165) is 12.8 Å². The summed E-state index contributed by atoms with van der Waals surface area (Å²) in [6.07, 6.45) is 13.0. The number of aliphatic hydroxyl groups is 1. The molecule has 0 fully saturated rings. The van der Waals surface area contributed by atoms with Gasteiger partial charge in [-0.05, 0) is 24.8 Å². The highest BCUT2D eigenvalue weighted by atomic mass is 28.3. The van der Waals surface area contributed by atoms with Crippen LogP contribution in [0.4, 0.5) is 0 Å². The van der Waals surface area contributed by atoms with E-state index in [4.69, 9.17) is 0 Å². The Hall–Kier alpha value is -0.0831. The lowest BCUT2D eigenvalue weighted by Crippen LogP contribution is -2.35. The maximum Gasteiger partial charge on any atom is 0.0578 e. The third kappa shape index (κ3) is 8.10. The molecule has 2 unspecified atom stereocenters. The maximum absolute atomic E-state index is 10.3. The zero-order valence-corrected chi connectivity index (χ0v) is 14.2. The first-order valence-corrected chi connectivity index (χ1v) is 11.4. The van der Waals surface area contributed by atoms with Gasteiger partial charge in [-0.3, -0.25) is 0 Å². The van der Waals surface area contributed by atoms with Gasteiger partial charge in [-0.15, -0.1) is 0 Å². The molecule has 0 bridgehead atoms. The molecule has 0 heterocycles. The van der Waals surface area contributed by atoms with Gasteiger partial charge in [-0.25, -0.2) is 0 Å². The van der Waals surface area contributed by atoms with Gasteiger partial charge in [0.15, 0.2) is 0 Å². The van der Waals surface area contributed by atoms with E-state index >= 15 is 0 Å². The second kappa shape index (κ2) is 9.80. The summed E-state index contributed by atoms with van der Waals surface area (Å²) in [4.78, 5) is 0. The third-order valence-corrected chi connectivity index (χ3v) is 6.14. The zero-order valence-electron chi connectivity index (χ0n) is 13.2. The fourth-order valence-electron chi connectivity index (χ4n) is 2.40. The summed E-state index contributed by atoms with van der Waals surface area (Å²) in [5, 5.41) is 10.3. The molecule has 0 aliphatic heterocycles. The Labute approximate surface area is 116 Å². The highest BCUT2D eigenvalue weighted by molar-refractivity contribution is 6.78. The van der Waals surface area contributed by atoms with Gasteiger partial charge in [0, 0.05) is 0 Å². The third-order valence-electron chi connectivity index (χ3n) is 3.57. The fraction of sp³-hybridized carbons (Fsp3) is 0.875. The molecule has 1 nitrogen and oxygen atoms in total. The Morgan fingerprint density at radius 1 is 1.00 bits per heavy atom. The van der Waals surface area contributed by atoms with Crippen molar-refractivity contribution in [3.63, 3.8) is 0 Å². The van der Waals surface area contributed by atoms with E-state index in [9.17, 15) is 5.11 Å². The van der Waals surface area contributed by atoms with Crippen LogP contribution >= 0.6 is 0 Å². The van der Waals surface area contributed by atoms with Crippen LogP contribution in [0.1, 0.15) is 58.8 Å². The normalized spacial score (nSPS) is 16.1. The quantitative estimate of drug-likeness (QED) is 0.321. The smallest absolute Gasteiger partial charge is 0.0578 e. The molecule has 18 heavy (non-hydrogen) atoms. The number of hydrogen-bond acceptors (Lipinski definition) is 1. The van der Waals surface area contributed by atoms with Crippen LogP contribution in [0.2, 0.25) is 25.2 Å². The van der Waals surface area contributed by atoms with Gasteiger partial charge >= 0.3 is 0 Å². The standard InChI is InChI=1S/C16H34OSi/c1-6-8-9-10-11-12-14-16(18(3,4)5)15(17)13-7-2/h12,14-17H,6-11,13H2,1-5H3/b14-12+. The molecular formula is C16H34OSi. The maximum atomic E-state index is 10.3. The summed E-state index contributed by atoms with van der Waals surface area (Å²) in [5.41, 5.74) is 0.420. The fourth-order valence-corrected chi connectivity index (χ4v) is 4.44. The van der Waals surface area contributed by atoms with Crippen LogP contribution < -0.4 is 0 Å². The first-order valence-electron chi connectivity index (χ1n) is 7.78. The molecule has 0 saturated carbocycles. The SMILES string of the molecule is CCCCCC/C=C/C(C(O)CCC)[Si](C)(C)C. The van der Waals surface area contributed by atoms with Crippen molar-refractivity contribution < 1.29 is 5.11 Å². The average molecular weight is 271 g/mol. The molecule has 0 aliphatic rings. The van der Waals surface area contributed by atoms with Crippen LogP contribution in [-0.4, -0.2) is 19.3 Å². The lowest BCUT2D eigenvalue weighted by atomic mass is 10.1. The van der Waals surface area contributed by atoms with E-state index in [0.29, 0.717) is 5.54 Å². The molecule has 0 amide bonds. The summed E-state index contributed by atoms with van der Waals surface area (Å²) in [6.45, 7) is 11.5. The van der Waals surface area contributed by atoms with Crippen molar-refractivity contribution in [3.05, 3.63) is 12.2 Å². The Bertz CT molecular complexity index is 218. The molecule has 0 spiro atoms. The Kier molecular flexibility index (Phi) is 9.75. The highest BCUT2D eigenvalue weighted by Crippen LogP contribution is 2.29. The van der Waals surface area contributed by atoms with Crippen molar-refractivity contribution >= 4 is 8.07 Å². The van der Waals surface area contributed by atoms with Crippen LogP contribution in [0.25, 0.3) is 0 Å². The predicted molar refractivity (Wildman–Crippen MR) is 85.9 cm³/mol. The minimum Gasteiger partial charge on any atom is -0.393 e. The second-order valence-corrected chi connectivity index (χ2v) is 11.9. The molecule has 1 N–H and O–H groups in total. The molecule has 0 rings (SSSR count). The molecule has 0 radical (unpaired) electrons. The van der Waals surface area contributed by atoms with Gasteiger partial charge in [0.1, 0.15) is 0 Å². The molecule has 0 aliphatic carbocycles. The minimum absolute atomic E-state index is 0.131. The molecule has 0 aromatic carbocycles. The molecule has 108 valence electrons. The van der Waals surface area contributed by atoms with Gasteiger partial charge in [0.25, 0.3) is 0 Å². The monoisotopic (exact) mass is 270 g/mol. The van der Waals surface area contributed by atoms with Crippen LogP contribution in [0.5, 0.6) is 0 Å². The van der Waals surface area contributed by atoms with Crippen LogP contribution in [0, 0.1) is 0 Å². The van der Waals surface area contributed by atoms with Gasteiger partial charge < -0.3 is 5.11 Å². The van der Waals surface area contributed by atoms with Crippen molar-refractivity contribution in [1.29, 1.82) is 0 Å². The first-order chi connectivity index (χ1) is 8.43. The van der Waals surface area contributed by atoms with Crippen molar-refractivity contribution in [2.24, 2.45) is 0 Å². The summed E-state index contributed by atoms with van der Waals surface area (Å²) >= 11 is 0. The van der Waals surface area contributed by atoms with Crippen molar-refractivity contribution in [2.75, 3.05) is 0 Å². The van der Waals surface area contributed by atoms with Gasteiger partial charge in [0.05, 0.1) is 14.2 Å². The Morgan fingerprint density at radius 2 is 1.67 bits per heavy atom. The number of rotatable bonds is 10. The largest absolute Gasteiger partial charge is 0.393 e. The van der Waals surface area contributed by atoms with Gasteiger partial charge in [0.2, 0.25) is 0 Å². The topological polar surface area (TPSA) is 20.2 Å². The number of allylic oxidation sites excluding steroid dienone is 1. The number of unbranched alkanes of at least 4 members (excludes halogenated alkanes) is 4. The summed E-state index contributed by atoms with van der Waals surface area (Å²) in [7, 11) is -1.30. The van der Waals surface area contributed by atoms with E-state index in [1.54, 1.807) is 0 Å². The van der Waals surface area contributed by atoms with Crippen molar-refractivity contribution in [2.45, 2.75) is 90.1 Å². The van der Waals surface area contributed by atoms with Gasteiger partial charge in [-0.2, -0.15) is 0 Å². The number of aliphatic hydroxyl groups excluding tert-OH is 1. The van der Waals surface area contributed by atoms with Crippen molar-refractivity contribution in [1.82, 2.24) is 0 Å². The Balaban J connectivity index is 4.20. The van der Waals surface area contributed by atoms with Crippen LogP contribution in [0.3, 0.4) is 0 Å². The lowest BCUT2D eigenvalue weighted by Gasteiger charge is -2.30. The summed E-state index contributed by atoms with van der Waals surface area (Å²) in [5.74, 6) is 0. The van der Waals surface area contributed by atoms with E-state index in [1.807, 2.05) is 0 Å². The molecular weight excluding hydrogens is 236 g/mol. The average Bonchev–Trinajstić information content (AvgIpc) is 2.26. The van der Waals surface area contributed by atoms with E-state index in [2.05, 4.69) is 45.6 Å². The Morgan fingerprint density at radius 3 is 2.17 bits per heavy atom. The van der Waals surface area contributed by atoms with Crippen molar-refractivity contribution in [3.8, 4) is 0 Å². The minimum atomic E-state index is -1.30. The molecule has 0 aromatic heterocycles.